The SMILES string of the molecule is FC(F)(F)C(F)(F)CCCn1cnc(Br)n1. The molecule has 0 aliphatic heterocycles. The number of hydrogen-bond acceptors (Lipinski definition) is 2. The Labute approximate surface area is 95.8 Å². The third-order valence-corrected chi connectivity index (χ3v) is 2.16. The van der Waals surface area contributed by atoms with Crippen molar-refractivity contribution in [3.8, 4) is 0 Å². The third kappa shape index (κ3) is 3.39. The van der Waals surface area contributed by atoms with E-state index >= 15 is 0 Å². The zero-order valence-corrected chi connectivity index (χ0v) is 9.39. The number of nitrogens with zero attached hydrogens (tertiary/aromatic N) is 3. The second kappa shape index (κ2) is 4.64. The molecule has 0 saturated carbocycles. The highest BCUT2D eigenvalue weighted by molar-refractivity contribution is 9.10. The van der Waals surface area contributed by atoms with Gasteiger partial charge in [-0.2, -0.15) is 22.0 Å². The van der Waals surface area contributed by atoms with Crippen LogP contribution in [0.25, 0.3) is 0 Å². The Bertz CT molecular complexity index is 348. The van der Waals surface area contributed by atoms with E-state index in [1.54, 1.807) is 0 Å². The molecule has 0 saturated heterocycles. The lowest BCUT2D eigenvalue weighted by Gasteiger charge is -2.19. The predicted molar refractivity (Wildman–Crippen MR) is 48.0 cm³/mol. The van der Waals surface area contributed by atoms with Crippen molar-refractivity contribution in [1.82, 2.24) is 14.8 Å². The lowest BCUT2D eigenvalue weighted by atomic mass is 10.2. The van der Waals surface area contributed by atoms with Crippen LogP contribution >= 0.6 is 15.9 Å². The summed E-state index contributed by atoms with van der Waals surface area (Å²) >= 11 is 2.92. The van der Waals surface area contributed by atoms with E-state index in [9.17, 15) is 22.0 Å². The van der Waals surface area contributed by atoms with Gasteiger partial charge in [0.1, 0.15) is 6.33 Å². The van der Waals surface area contributed by atoms with Gasteiger partial charge in [0.2, 0.25) is 4.73 Å². The maximum atomic E-state index is 12.5. The average Bonchev–Trinajstić information content (AvgIpc) is 2.49. The van der Waals surface area contributed by atoms with Crippen LogP contribution in [0.1, 0.15) is 12.8 Å². The Morgan fingerprint density at radius 3 is 2.31 bits per heavy atom. The van der Waals surface area contributed by atoms with E-state index in [1.807, 2.05) is 0 Å². The summed E-state index contributed by atoms with van der Waals surface area (Å²) in [4.78, 5) is 3.64. The van der Waals surface area contributed by atoms with Gasteiger partial charge in [-0.25, -0.2) is 4.98 Å². The number of aryl methyl sites for hydroxylation is 1. The molecule has 1 aromatic heterocycles. The molecule has 0 aliphatic rings. The summed E-state index contributed by atoms with van der Waals surface area (Å²) in [6.45, 7) is -0.0374. The van der Waals surface area contributed by atoms with Crippen molar-refractivity contribution in [2.75, 3.05) is 0 Å². The molecule has 1 heterocycles. The van der Waals surface area contributed by atoms with E-state index < -0.39 is 18.5 Å². The summed E-state index contributed by atoms with van der Waals surface area (Å²) in [6.07, 6.45) is -5.83. The van der Waals surface area contributed by atoms with Crippen LogP contribution in [0.15, 0.2) is 11.1 Å². The van der Waals surface area contributed by atoms with E-state index in [0.717, 1.165) is 0 Å². The van der Waals surface area contributed by atoms with Gasteiger partial charge in [-0.1, -0.05) is 0 Å². The molecule has 0 amide bonds. The molecule has 0 atom stereocenters. The van der Waals surface area contributed by atoms with Crippen molar-refractivity contribution < 1.29 is 22.0 Å². The second-order valence-corrected chi connectivity index (χ2v) is 3.79. The first kappa shape index (κ1) is 13.3. The van der Waals surface area contributed by atoms with Crippen molar-refractivity contribution in [3.63, 3.8) is 0 Å². The fourth-order valence-corrected chi connectivity index (χ4v) is 1.28. The summed E-state index contributed by atoms with van der Waals surface area (Å²) in [5.41, 5.74) is 0. The topological polar surface area (TPSA) is 30.7 Å². The predicted octanol–water partition coefficient (Wildman–Crippen LogP) is 3.02. The Balaban J connectivity index is 2.41. The fourth-order valence-electron chi connectivity index (χ4n) is 0.984. The third-order valence-electron chi connectivity index (χ3n) is 1.80. The molecule has 0 aromatic carbocycles. The van der Waals surface area contributed by atoms with Crippen molar-refractivity contribution in [3.05, 3.63) is 11.1 Å². The first-order valence-corrected chi connectivity index (χ1v) is 5.01. The number of halogens is 6. The molecule has 0 N–H and O–H groups in total. The largest absolute Gasteiger partial charge is 0.453 e. The molecule has 0 unspecified atom stereocenters. The Morgan fingerprint density at radius 1 is 1.25 bits per heavy atom. The first-order valence-electron chi connectivity index (χ1n) is 4.22. The highest BCUT2D eigenvalue weighted by Gasteiger charge is 2.56. The summed E-state index contributed by atoms with van der Waals surface area (Å²) < 4.78 is 61.7. The van der Waals surface area contributed by atoms with E-state index in [0.29, 0.717) is 0 Å². The van der Waals surface area contributed by atoms with Crippen LogP contribution in [0.4, 0.5) is 22.0 Å². The molecule has 92 valence electrons. The van der Waals surface area contributed by atoms with Gasteiger partial charge in [-0.05, 0) is 22.4 Å². The van der Waals surface area contributed by atoms with Crippen LogP contribution in [0.5, 0.6) is 0 Å². The van der Waals surface area contributed by atoms with Crippen molar-refractivity contribution in [2.24, 2.45) is 0 Å². The minimum Gasteiger partial charge on any atom is -0.252 e. The van der Waals surface area contributed by atoms with Gasteiger partial charge in [0, 0.05) is 13.0 Å². The molecular formula is C7H7BrF5N3. The highest BCUT2D eigenvalue weighted by Crippen LogP contribution is 2.38. The second-order valence-electron chi connectivity index (χ2n) is 3.08. The highest BCUT2D eigenvalue weighted by atomic mass is 79.9. The number of hydrogen-bond donors (Lipinski definition) is 0. The van der Waals surface area contributed by atoms with Crippen LogP contribution < -0.4 is 0 Å². The van der Waals surface area contributed by atoms with E-state index in [4.69, 9.17) is 0 Å². The summed E-state index contributed by atoms with van der Waals surface area (Å²) in [5.74, 6) is -4.65. The molecule has 0 fully saturated rings. The number of aromatic nitrogens is 3. The zero-order valence-electron chi connectivity index (χ0n) is 7.81. The molecule has 1 rings (SSSR count). The van der Waals surface area contributed by atoms with Gasteiger partial charge < -0.3 is 0 Å². The standard InChI is InChI=1S/C7H7BrF5N3/c8-5-14-4-16(15-5)3-1-2-6(9,10)7(11,12)13/h4H,1-3H2. The molecular weight excluding hydrogens is 301 g/mol. The number of rotatable bonds is 4. The van der Waals surface area contributed by atoms with Crippen LogP contribution in [0.3, 0.4) is 0 Å². The van der Waals surface area contributed by atoms with Gasteiger partial charge in [-0.15, -0.1) is 5.10 Å². The molecule has 0 aliphatic carbocycles. The maximum absolute atomic E-state index is 12.5. The minimum atomic E-state index is -5.49. The molecule has 9 heteroatoms. The van der Waals surface area contributed by atoms with Crippen molar-refractivity contribution in [1.29, 1.82) is 0 Å². The molecule has 0 spiro atoms. The summed E-state index contributed by atoms with van der Waals surface area (Å²) in [7, 11) is 0. The average molecular weight is 308 g/mol. The molecule has 0 bridgehead atoms. The molecule has 1 aromatic rings. The zero-order chi connectivity index (χ0) is 12.4. The van der Waals surface area contributed by atoms with E-state index in [-0.39, 0.29) is 17.7 Å². The monoisotopic (exact) mass is 307 g/mol. The van der Waals surface area contributed by atoms with Crippen LogP contribution in [-0.2, 0) is 6.54 Å². The molecule has 16 heavy (non-hydrogen) atoms. The van der Waals surface area contributed by atoms with Gasteiger partial charge in [0.15, 0.2) is 0 Å². The lowest BCUT2D eigenvalue weighted by Crippen LogP contribution is -2.36. The van der Waals surface area contributed by atoms with Gasteiger partial charge in [-0.3, -0.25) is 4.68 Å². The van der Waals surface area contributed by atoms with Crippen molar-refractivity contribution >= 4 is 15.9 Å². The van der Waals surface area contributed by atoms with Crippen LogP contribution in [-0.4, -0.2) is 26.9 Å². The van der Waals surface area contributed by atoms with Gasteiger partial charge in [0.25, 0.3) is 0 Å². The van der Waals surface area contributed by atoms with Crippen molar-refractivity contribution in [2.45, 2.75) is 31.5 Å². The van der Waals surface area contributed by atoms with E-state index in [2.05, 4.69) is 26.0 Å². The Hall–Kier alpha value is -0.730. The Morgan fingerprint density at radius 2 is 1.88 bits per heavy atom. The number of alkyl halides is 5. The summed E-state index contributed by atoms with van der Waals surface area (Å²) in [6, 6.07) is 0. The quantitative estimate of drug-likeness (QED) is 0.801. The van der Waals surface area contributed by atoms with Gasteiger partial charge in [0.05, 0.1) is 0 Å². The normalized spacial score (nSPS) is 13.1. The smallest absolute Gasteiger partial charge is 0.252 e. The van der Waals surface area contributed by atoms with Gasteiger partial charge >= 0.3 is 12.1 Å². The van der Waals surface area contributed by atoms with Crippen LogP contribution in [0.2, 0.25) is 0 Å². The van der Waals surface area contributed by atoms with E-state index in [1.165, 1.54) is 11.0 Å². The maximum Gasteiger partial charge on any atom is 0.453 e. The molecule has 0 radical (unpaired) electrons. The Kier molecular flexibility index (Phi) is 3.87. The minimum absolute atomic E-state index is 0.0374. The lowest BCUT2D eigenvalue weighted by molar-refractivity contribution is -0.284. The summed E-state index contributed by atoms with van der Waals surface area (Å²) in [5, 5.41) is 3.69. The van der Waals surface area contributed by atoms with Crippen LogP contribution in [0, 0.1) is 0 Å². The molecule has 3 nitrogen and oxygen atoms in total. The fraction of sp³-hybridized carbons (Fsp3) is 0.714. The first-order chi connectivity index (χ1) is 7.22.